The fraction of sp³-hybridized carbons (Fsp3) is 0.700. The lowest BCUT2D eigenvalue weighted by Crippen LogP contribution is -2.24. The lowest BCUT2D eigenvalue weighted by atomic mass is 9.96. The van der Waals surface area contributed by atoms with Crippen LogP contribution in [0, 0.1) is 6.92 Å². The number of likely N-dealkylation sites (N-methyl/N-ethyl adjacent to an activating group) is 1. The summed E-state index contributed by atoms with van der Waals surface area (Å²) in [6.45, 7) is 4.32. The first kappa shape index (κ1) is 8.75. The molecule has 1 atom stereocenters. The molecule has 1 unspecified atom stereocenters. The van der Waals surface area contributed by atoms with Crippen molar-refractivity contribution in [3.63, 3.8) is 0 Å². The number of fused-ring (bicyclic) bond motifs is 1. The van der Waals surface area contributed by atoms with Crippen molar-refractivity contribution in [2.45, 2.75) is 32.2 Å². The molecule has 0 fully saturated rings. The number of imidazole rings is 1. The van der Waals surface area contributed by atoms with Crippen LogP contribution in [0.15, 0.2) is 6.20 Å². The van der Waals surface area contributed by atoms with Crippen LogP contribution in [-0.2, 0) is 6.54 Å². The van der Waals surface area contributed by atoms with Gasteiger partial charge in [-0.2, -0.15) is 0 Å². The zero-order valence-electron chi connectivity index (χ0n) is 8.38. The van der Waals surface area contributed by atoms with E-state index in [0.717, 1.165) is 18.9 Å². The van der Waals surface area contributed by atoms with E-state index < -0.39 is 0 Å². The average molecular weight is 179 g/mol. The Morgan fingerprint density at radius 1 is 1.69 bits per heavy atom. The van der Waals surface area contributed by atoms with E-state index in [2.05, 4.69) is 21.8 Å². The van der Waals surface area contributed by atoms with Crippen molar-refractivity contribution in [2.24, 2.45) is 0 Å². The molecule has 72 valence electrons. The maximum atomic E-state index is 4.37. The van der Waals surface area contributed by atoms with E-state index in [1.165, 1.54) is 18.5 Å². The van der Waals surface area contributed by atoms with Crippen LogP contribution in [0.5, 0.6) is 0 Å². The van der Waals surface area contributed by atoms with Crippen LogP contribution < -0.4 is 5.32 Å². The first-order chi connectivity index (χ1) is 6.33. The predicted molar refractivity (Wildman–Crippen MR) is 52.9 cm³/mol. The second-order valence-electron chi connectivity index (χ2n) is 3.78. The Morgan fingerprint density at radius 3 is 3.31 bits per heavy atom. The smallest absolute Gasteiger partial charge is 0.105 e. The van der Waals surface area contributed by atoms with E-state index in [4.69, 9.17) is 0 Å². The van der Waals surface area contributed by atoms with E-state index >= 15 is 0 Å². The third-order valence-electron chi connectivity index (χ3n) is 2.89. The molecule has 0 saturated carbocycles. The summed E-state index contributed by atoms with van der Waals surface area (Å²) in [6, 6.07) is 0. The maximum absolute atomic E-state index is 4.37. The topological polar surface area (TPSA) is 29.9 Å². The number of nitrogens with one attached hydrogen (secondary N) is 1. The molecule has 0 radical (unpaired) electrons. The van der Waals surface area contributed by atoms with Crippen molar-refractivity contribution in [2.75, 3.05) is 13.6 Å². The molecule has 1 aliphatic rings. The van der Waals surface area contributed by atoms with Crippen LogP contribution in [0.3, 0.4) is 0 Å². The molecule has 0 amide bonds. The Labute approximate surface area is 79.2 Å². The summed E-state index contributed by atoms with van der Waals surface area (Å²) in [5.74, 6) is 1.83. The number of aryl methyl sites for hydroxylation is 1. The molecule has 3 heteroatoms. The Hall–Kier alpha value is -0.830. The zero-order valence-corrected chi connectivity index (χ0v) is 8.38. The van der Waals surface area contributed by atoms with E-state index in [1.54, 1.807) is 0 Å². The molecule has 0 saturated heterocycles. The van der Waals surface area contributed by atoms with Gasteiger partial charge in [-0.1, -0.05) is 0 Å². The largest absolute Gasteiger partial charge is 0.332 e. The van der Waals surface area contributed by atoms with Crippen molar-refractivity contribution in [3.05, 3.63) is 17.7 Å². The zero-order chi connectivity index (χ0) is 9.26. The molecule has 1 aliphatic heterocycles. The highest BCUT2D eigenvalue weighted by Gasteiger charge is 2.20. The SMILES string of the molecule is CNCC1CCCn2c1cnc2C. The molecular weight excluding hydrogens is 162 g/mol. The summed E-state index contributed by atoms with van der Waals surface area (Å²) >= 11 is 0. The Kier molecular flexibility index (Phi) is 2.36. The van der Waals surface area contributed by atoms with Crippen LogP contribution in [0.25, 0.3) is 0 Å². The summed E-state index contributed by atoms with van der Waals surface area (Å²) in [6.07, 6.45) is 4.62. The summed E-state index contributed by atoms with van der Waals surface area (Å²) in [5, 5.41) is 3.25. The minimum atomic E-state index is 0.667. The molecule has 2 heterocycles. The quantitative estimate of drug-likeness (QED) is 0.741. The first-order valence-electron chi connectivity index (χ1n) is 4.99. The fourth-order valence-corrected chi connectivity index (χ4v) is 2.20. The third kappa shape index (κ3) is 1.48. The van der Waals surface area contributed by atoms with Gasteiger partial charge in [-0.15, -0.1) is 0 Å². The fourth-order valence-electron chi connectivity index (χ4n) is 2.20. The van der Waals surface area contributed by atoms with Crippen LogP contribution in [-0.4, -0.2) is 23.1 Å². The molecule has 13 heavy (non-hydrogen) atoms. The number of rotatable bonds is 2. The summed E-state index contributed by atoms with van der Waals surface area (Å²) in [7, 11) is 2.02. The van der Waals surface area contributed by atoms with Gasteiger partial charge in [0.1, 0.15) is 5.82 Å². The van der Waals surface area contributed by atoms with Gasteiger partial charge in [0.2, 0.25) is 0 Å². The minimum absolute atomic E-state index is 0.667. The normalized spacial score (nSPS) is 21.5. The lowest BCUT2D eigenvalue weighted by Gasteiger charge is -2.24. The van der Waals surface area contributed by atoms with Crippen LogP contribution in [0.1, 0.15) is 30.3 Å². The van der Waals surface area contributed by atoms with Crippen LogP contribution in [0.2, 0.25) is 0 Å². The van der Waals surface area contributed by atoms with E-state index in [-0.39, 0.29) is 0 Å². The molecule has 0 aliphatic carbocycles. The first-order valence-corrected chi connectivity index (χ1v) is 4.99. The van der Waals surface area contributed by atoms with Crippen molar-refractivity contribution < 1.29 is 0 Å². The van der Waals surface area contributed by atoms with Crippen molar-refractivity contribution in [1.82, 2.24) is 14.9 Å². The van der Waals surface area contributed by atoms with Gasteiger partial charge >= 0.3 is 0 Å². The van der Waals surface area contributed by atoms with Gasteiger partial charge < -0.3 is 9.88 Å². The highest BCUT2D eigenvalue weighted by Crippen LogP contribution is 2.27. The highest BCUT2D eigenvalue weighted by atomic mass is 15.1. The van der Waals surface area contributed by atoms with E-state index in [9.17, 15) is 0 Å². The second kappa shape index (κ2) is 3.50. The molecule has 0 bridgehead atoms. The Balaban J connectivity index is 2.27. The van der Waals surface area contributed by atoms with Crippen LogP contribution >= 0.6 is 0 Å². The van der Waals surface area contributed by atoms with Gasteiger partial charge in [0, 0.05) is 30.9 Å². The second-order valence-corrected chi connectivity index (χ2v) is 3.78. The number of hydrogen-bond acceptors (Lipinski definition) is 2. The lowest BCUT2D eigenvalue weighted by molar-refractivity contribution is 0.438. The molecule has 1 aromatic rings. The summed E-state index contributed by atoms with van der Waals surface area (Å²) < 4.78 is 2.35. The standard InChI is InChI=1S/C10H17N3/c1-8-12-7-10-9(6-11-2)4-3-5-13(8)10/h7,9,11H,3-6H2,1-2H3. The number of nitrogens with zero attached hydrogens (tertiary/aromatic N) is 2. The minimum Gasteiger partial charge on any atom is -0.332 e. The number of hydrogen-bond donors (Lipinski definition) is 1. The van der Waals surface area contributed by atoms with Crippen LogP contribution in [0.4, 0.5) is 0 Å². The van der Waals surface area contributed by atoms with Gasteiger partial charge in [-0.3, -0.25) is 0 Å². The predicted octanol–water partition coefficient (Wildman–Crippen LogP) is 1.29. The average Bonchev–Trinajstić information content (AvgIpc) is 2.50. The van der Waals surface area contributed by atoms with Gasteiger partial charge in [-0.05, 0) is 26.8 Å². The van der Waals surface area contributed by atoms with Gasteiger partial charge in [0.25, 0.3) is 0 Å². The van der Waals surface area contributed by atoms with Gasteiger partial charge in [-0.25, -0.2) is 4.98 Å². The van der Waals surface area contributed by atoms with Gasteiger partial charge in [0.15, 0.2) is 0 Å². The maximum Gasteiger partial charge on any atom is 0.105 e. The molecule has 3 nitrogen and oxygen atoms in total. The highest BCUT2D eigenvalue weighted by molar-refractivity contribution is 5.13. The van der Waals surface area contributed by atoms with Crippen molar-refractivity contribution in [1.29, 1.82) is 0 Å². The summed E-state index contributed by atoms with van der Waals surface area (Å²) in [4.78, 5) is 4.37. The molecule has 0 aromatic carbocycles. The Bertz CT molecular complexity index is 290. The molecule has 1 N–H and O–H groups in total. The van der Waals surface area contributed by atoms with E-state index in [0.29, 0.717) is 5.92 Å². The monoisotopic (exact) mass is 179 g/mol. The van der Waals surface area contributed by atoms with Gasteiger partial charge in [0.05, 0.1) is 0 Å². The van der Waals surface area contributed by atoms with E-state index in [1.807, 2.05) is 13.2 Å². The summed E-state index contributed by atoms with van der Waals surface area (Å²) in [5.41, 5.74) is 1.41. The third-order valence-corrected chi connectivity index (χ3v) is 2.89. The van der Waals surface area contributed by atoms with Crippen molar-refractivity contribution in [3.8, 4) is 0 Å². The molecule has 2 rings (SSSR count). The molecular formula is C10H17N3. The molecule has 1 aromatic heterocycles. The van der Waals surface area contributed by atoms with Crippen molar-refractivity contribution >= 4 is 0 Å². The number of aromatic nitrogens is 2. The Morgan fingerprint density at radius 2 is 2.54 bits per heavy atom. The molecule has 0 spiro atoms.